The number of aromatic nitrogens is 3. The third kappa shape index (κ3) is 3.99. The molecule has 148 valence electrons. The number of fused-ring (bicyclic) bond motifs is 1. The number of halogens is 1. The fraction of sp³-hybridized carbons (Fsp3) is 0.429. The van der Waals surface area contributed by atoms with Crippen LogP contribution in [-0.4, -0.2) is 63.4 Å². The predicted octanol–water partition coefficient (Wildman–Crippen LogP) is 2.88. The number of aryl methyl sites for hydroxylation is 2. The summed E-state index contributed by atoms with van der Waals surface area (Å²) >= 11 is 6.26. The first-order chi connectivity index (χ1) is 13.5. The quantitative estimate of drug-likeness (QED) is 0.714. The average Bonchev–Trinajstić information content (AvgIpc) is 3.05. The van der Waals surface area contributed by atoms with Crippen molar-refractivity contribution in [2.75, 3.05) is 37.6 Å². The standard InChI is InChI=1S/C21H26ClN5O/c1-15-9-19-21(10-16(15)2)27(14-24-19)13-17(28)12-25-5-7-26(8-6-25)20-3-4-23-11-18(20)22/h3-4,9-11,14,17,28H,5-8,12-13H2,1-2H3/t17-/m0/s1. The highest BCUT2D eigenvalue weighted by Crippen LogP contribution is 2.25. The highest BCUT2D eigenvalue weighted by molar-refractivity contribution is 6.33. The molecule has 0 bridgehead atoms. The lowest BCUT2D eigenvalue weighted by Crippen LogP contribution is -2.49. The van der Waals surface area contributed by atoms with Crippen molar-refractivity contribution in [1.82, 2.24) is 19.4 Å². The number of aliphatic hydroxyl groups is 1. The summed E-state index contributed by atoms with van der Waals surface area (Å²) in [7, 11) is 0. The minimum atomic E-state index is -0.435. The second-order valence-electron chi connectivity index (χ2n) is 7.59. The van der Waals surface area contributed by atoms with Crippen LogP contribution in [0.3, 0.4) is 0 Å². The summed E-state index contributed by atoms with van der Waals surface area (Å²) in [6, 6.07) is 6.22. The Kier molecular flexibility index (Phi) is 5.53. The molecule has 3 heterocycles. The number of hydrogen-bond donors (Lipinski definition) is 1. The number of imidazole rings is 1. The van der Waals surface area contributed by atoms with Gasteiger partial charge in [-0.3, -0.25) is 9.88 Å². The lowest BCUT2D eigenvalue weighted by molar-refractivity contribution is 0.0959. The number of aliphatic hydroxyl groups excluding tert-OH is 1. The number of nitrogens with zero attached hydrogens (tertiary/aromatic N) is 5. The maximum absolute atomic E-state index is 10.7. The van der Waals surface area contributed by atoms with E-state index in [1.165, 1.54) is 11.1 Å². The van der Waals surface area contributed by atoms with Gasteiger partial charge in [-0.05, 0) is 43.2 Å². The van der Waals surface area contributed by atoms with E-state index in [0.717, 1.165) is 42.9 Å². The van der Waals surface area contributed by atoms with Crippen LogP contribution in [0.15, 0.2) is 36.9 Å². The van der Waals surface area contributed by atoms with Crippen LogP contribution in [0.5, 0.6) is 0 Å². The molecule has 2 aromatic heterocycles. The van der Waals surface area contributed by atoms with E-state index in [1.807, 2.05) is 12.4 Å². The zero-order valence-electron chi connectivity index (χ0n) is 16.3. The Hall–Kier alpha value is -2.15. The highest BCUT2D eigenvalue weighted by Gasteiger charge is 2.21. The lowest BCUT2D eigenvalue weighted by Gasteiger charge is -2.37. The van der Waals surface area contributed by atoms with Gasteiger partial charge >= 0.3 is 0 Å². The lowest BCUT2D eigenvalue weighted by atomic mass is 10.1. The topological polar surface area (TPSA) is 57.4 Å². The first kappa shape index (κ1) is 19.2. The summed E-state index contributed by atoms with van der Waals surface area (Å²) in [6.07, 6.45) is 4.85. The molecule has 1 N–H and O–H groups in total. The van der Waals surface area contributed by atoms with Gasteiger partial charge in [0.2, 0.25) is 0 Å². The number of anilines is 1. The van der Waals surface area contributed by atoms with Crippen molar-refractivity contribution in [1.29, 1.82) is 0 Å². The van der Waals surface area contributed by atoms with Crippen LogP contribution in [0.25, 0.3) is 11.0 Å². The number of pyridine rings is 1. The van der Waals surface area contributed by atoms with Gasteiger partial charge in [0.05, 0.1) is 40.7 Å². The normalized spacial score (nSPS) is 16.6. The highest BCUT2D eigenvalue weighted by atomic mass is 35.5. The van der Waals surface area contributed by atoms with Gasteiger partial charge in [0, 0.05) is 45.1 Å². The molecular formula is C21H26ClN5O. The zero-order valence-corrected chi connectivity index (χ0v) is 17.1. The van der Waals surface area contributed by atoms with Crippen LogP contribution in [0.2, 0.25) is 5.02 Å². The fourth-order valence-electron chi connectivity index (χ4n) is 3.84. The smallest absolute Gasteiger partial charge is 0.0959 e. The number of piperazine rings is 1. The molecule has 4 rings (SSSR count). The Morgan fingerprint density at radius 1 is 1.11 bits per heavy atom. The van der Waals surface area contributed by atoms with Gasteiger partial charge in [-0.15, -0.1) is 0 Å². The summed E-state index contributed by atoms with van der Waals surface area (Å²) in [5.74, 6) is 0. The summed E-state index contributed by atoms with van der Waals surface area (Å²) < 4.78 is 2.05. The predicted molar refractivity (Wildman–Crippen MR) is 113 cm³/mol. The van der Waals surface area contributed by atoms with E-state index >= 15 is 0 Å². The molecule has 0 unspecified atom stereocenters. The van der Waals surface area contributed by atoms with Gasteiger partial charge in [-0.25, -0.2) is 4.98 Å². The molecule has 1 aliphatic rings. The van der Waals surface area contributed by atoms with E-state index < -0.39 is 6.10 Å². The van der Waals surface area contributed by atoms with Crippen LogP contribution in [0, 0.1) is 13.8 Å². The second-order valence-corrected chi connectivity index (χ2v) is 8.00. The van der Waals surface area contributed by atoms with Gasteiger partial charge in [0.1, 0.15) is 0 Å². The Bertz CT molecular complexity index is 965. The first-order valence-electron chi connectivity index (χ1n) is 9.68. The molecule has 7 heteroatoms. The Morgan fingerprint density at radius 3 is 2.61 bits per heavy atom. The van der Waals surface area contributed by atoms with Crippen molar-refractivity contribution in [2.45, 2.75) is 26.5 Å². The SMILES string of the molecule is Cc1cc2ncn(C[C@@H](O)CN3CCN(c4ccncc4Cl)CC3)c2cc1C. The van der Waals surface area contributed by atoms with E-state index in [-0.39, 0.29) is 0 Å². The molecule has 0 saturated carbocycles. The van der Waals surface area contributed by atoms with Crippen molar-refractivity contribution < 1.29 is 5.11 Å². The van der Waals surface area contributed by atoms with E-state index in [2.05, 4.69) is 50.3 Å². The molecule has 3 aromatic rings. The molecule has 28 heavy (non-hydrogen) atoms. The fourth-order valence-corrected chi connectivity index (χ4v) is 4.08. The molecule has 1 atom stereocenters. The van der Waals surface area contributed by atoms with Gasteiger partial charge in [-0.1, -0.05) is 11.6 Å². The zero-order chi connectivity index (χ0) is 19.7. The van der Waals surface area contributed by atoms with E-state index in [4.69, 9.17) is 11.6 Å². The van der Waals surface area contributed by atoms with Gasteiger partial charge in [-0.2, -0.15) is 0 Å². The molecule has 1 aliphatic heterocycles. The van der Waals surface area contributed by atoms with Crippen molar-refractivity contribution in [2.24, 2.45) is 0 Å². The van der Waals surface area contributed by atoms with E-state index in [1.54, 1.807) is 12.4 Å². The van der Waals surface area contributed by atoms with Crippen LogP contribution in [-0.2, 0) is 6.54 Å². The minimum Gasteiger partial charge on any atom is -0.390 e. The second kappa shape index (κ2) is 8.07. The molecule has 6 nitrogen and oxygen atoms in total. The summed E-state index contributed by atoms with van der Waals surface area (Å²) in [5, 5.41) is 11.3. The number of hydrogen-bond acceptors (Lipinski definition) is 5. The maximum Gasteiger partial charge on any atom is 0.0959 e. The molecule has 0 amide bonds. The third-order valence-electron chi connectivity index (χ3n) is 5.58. The Labute approximate surface area is 170 Å². The third-order valence-corrected chi connectivity index (χ3v) is 5.87. The Balaban J connectivity index is 1.35. The average molecular weight is 400 g/mol. The molecule has 0 spiro atoms. The number of benzene rings is 1. The summed E-state index contributed by atoms with van der Waals surface area (Å²) in [5.41, 5.74) is 5.59. The van der Waals surface area contributed by atoms with Crippen LogP contribution < -0.4 is 4.90 Å². The molecule has 1 saturated heterocycles. The molecule has 0 radical (unpaired) electrons. The van der Waals surface area contributed by atoms with Crippen molar-refractivity contribution in [3.05, 3.63) is 53.1 Å². The summed E-state index contributed by atoms with van der Waals surface area (Å²) in [6.45, 7) is 9.00. The van der Waals surface area contributed by atoms with Gasteiger partial charge < -0.3 is 14.6 Å². The Morgan fingerprint density at radius 2 is 1.86 bits per heavy atom. The number of β-amino-alcohol motifs (C(OH)–C–C–N with tert-alkyl or cyclic N) is 1. The first-order valence-corrected chi connectivity index (χ1v) is 10.1. The maximum atomic E-state index is 10.7. The molecular weight excluding hydrogens is 374 g/mol. The number of rotatable bonds is 5. The van der Waals surface area contributed by atoms with Gasteiger partial charge in [0.15, 0.2) is 0 Å². The summed E-state index contributed by atoms with van der Waals surface area (Å²) in [4.78, 5) is 13.1. The minimum absolute atomic E-state index is 0.435. The van der Waals surface area contributed by atoms with Crippen molar-refractivity contribution in [3.63, 3.8) is 0 Å². The monoisotopic (exact) mass is 399 g/mol. The van der Waals surface area contributed by atoms with E-state index in [0.29, 0.717) is 18.1 Å². The van der Waals surface area contributed by atoms with Crippen LogP contribution >= 0.6 is 11.6 Å². The van der Waals surface area contributed by atoms with Crippen LogP contribution in [0.4, 0.5) is 5.69 Å². The largest absolute Gasteiger partial charge is 0.390 e. The van der Waals surface area contributed by atoms with E-state index in [9.17, 15) is 5.11 Å². The molecule has 1 aromatic carbocycles. The molecule has 1 fully saturated rings. The van der Waals surface area contributed by atoms with Crippen molar-refractivity contribution in [3.8, 4) is 0 Å². The van der Waals surface area contributed by atoms with Crippen LogP contribution in [0.1, 0.15) is 11.1 Å². The van der Waals surface area contributed by atoms with Gasteiger partial charge in [0.25, 0.3) is 0 Å². The molecule has 0 aliphatic carbocycles. The van der Waals surface area contributed by atoms with Crippen molar-refractivity contribution >= 4 is 28.3 Å².